The molecule has 3 heteroatoms. The Hall–Kier alpha value is -1.71. The number of rotatable bonds is 6. The van der Waals surface area contributed by atoms with Crippen LogP contribution in [0.2, 0.25) is 0 Å². The molecule has 0 amide bonds. The zero-order valence-electron chi connectivity index (χ0n) is 12.6. The highest BCUT2D eigenvalue weighted by molar-refractivity contribution is 5.36. The summed E-state index contributed by atoms with van der Waals surface area (Å²) in [6.45, 7) is 5.46. The average molecular weight is 287 g/mol. The first-order valence-corrected chi connectivity index (χ1v) is 7.20. The van der Waals surface area contributed by atoms with Gasteiger partial charge < -0.3 is 10.5 Å². The lowest BCUT2D eigenvalue weighted by atomic mass is 9.91. The second kappa shape index (κ2) is 7.34. The topological polar surface area (TPSA) is 35.2 Å². The molecule has 0 radical (unpaired) electrons. The minimum Gasteiger partial charge on any atom is -0.376 e. The van der Waals surface area contributed by atoms with Gasteiger partial charge in [-0.05, 0) is 36.6 Å². The average Bonchev–Trinajstić information content (AvgIpc) is 2.47. The van der Waals surface area contributed by atoms with Crippen LogP contribution in [-0.4, -0.2) is 13.2 Å². The summed E-state index contributed by atoms with van der Waals surface area (Å²) in [6, 6.07) is 12.9. The molecule has 2 aromatic rings. The molecule has 0 bridgehead atoms. The smallest absolute Gasteiger partial charge is 0.128 e. The molecule has 2 N–H and O–H groups in total. The standard InChI is InChI=1S/C18H22FNO/c1-13-6-5-7-14(2)18(13)16(10-20)12-21-11-15-8-3-4-9-17(15)19/h3-9,16H,10-12,20H2,1-2H3. The van der Waals surface area contributed by atoms with Gasteiger partial charge in [0.25, 0.3) is 0 Å². The number of hydrogen-bond donors (Lipinski definition) is 1. The van der Waals surface area contributed by atoms with E-state index in [4.69, 9.17) is 10.5 Å². The van der Waals surface area contributed by atoms with Crippen molar-refractivity contribution in [2.75, 3.05) is 13.2 Å². The minimum atomic E-state index is -0.228. The normalized spacial score (nSPS) is 12.4. The van der Waals surface area contributed by atoms with Crippen molar-refractivity contribution in [1.29, 1.82) is 0 Å². The second-order valence-corrected chi connectivity index (χ2v) is 5.34. The van der Waals surface area contributed by atoms with Crippen molar-refractivity contribution in [3.63, 3.8) is 0 Å². The first-order valence-electron chi connectivity index (χ1n) is 7.20. The van der Waals surface area contributed by atoms with Crippen LogP contribution >= 0.6 is 0 Å². The summed E-state index contributed by atoms with van der Waals surface area (Å²) < 4.78 is 19.2. The van der Waals surface area contributed by atoms with E-state index in [1.165, 1.54) is 22.8 Å². The molecule has 0 saturated heterocycles. The summed E-state index contributed by atoms with van der Waals surface area (Å²) in [6.07, 6.45) is 0. The summed E-state index contributed by atoms with van der Waals surface area (Å²) in [5.41, 5.74) is 10.2. The van der Waals surface area contributed by atoms with Gasteiger partial charge in [0.15, 0.2) is 0 Å². The maximum absolute atomic E-state index is 13.5. The van der Waals surface area contributed by atoms with E-state index < -0.39 is 0 Å². The van der Waals surface area contributed by atoms with Crippen molar-refractivity contribution in [2.24, 2.45) is 5.73 Å². The third kappa shape index (κ3) is 3.90. The molecule has 2 aromatic carbocycles. The molecule has 0 fully saturated rings. The molecule has 0 aliphatic rings. The first-order chi connectivity index (χ1) is 10.1. The fourth-order valence-electron chi connectivity index (χ4n) is 2.67. The molecule has 1 unspecified atom stereocenters. The molecule has 0 aromatic heterocycles. The van der Waals surface area contributed by atoms with Crippen molar-refractivity contribution in [3.8, 4) is 0 Å². The van der Waals surface area contributed by atoms with Crippen LogP contribution in [-0.2, 0) is 11.3 Å². The number of aryl methyl sites for hydroxylation is 2. The Morgan fingerprint density at radius 2 is 1.71 bits per heavy atom. The van der Waals surface area contributed by atoms with Gasteiger partial charge in [-0.2, -0.15) is 0 Å². The third-order valence-electron chi connectivity index (χ3n) is 3.77. The Labute approximate surface area is 125 Å². The molecule has 0 aliphatic heterocycles. The van der Waals surface area contributed by atoms with Gasteiger partial charge in [0.1, 0.15) is 5.82 Å². The highest BCUT2D eigenvalue weighted by atomic mass is 19.1. The van der Waals surface area contributed by atoms with E-state index in [0.29, 0.717) is 18.7 Å². The molecule has 2 nitrogen and oxygen atoms in total. The molecule has 0 saturated carbocycles. The number of ether oxygens (including phenoxy) is 1. The van der Waals surface area contributed by atoms with E-state index in [1.54, 1.807) is 12.1 Å². The lowest BCUT2D eigenvalue weighted by Crippen LogP contribution is -2.20. The van der Waals surface area contributed by atoms with Gasteiger partial charge in [-0.1, -0.05) is 36.4 Å². The Kier molecular flexibility index (Phi) is 5.48. The quantitative estimate of drug-likeness (QED) is 0.879. The fraction of sp³-hybridized carbons (Fsp3) is 0.333. The number of nitrogens with two attached hydrogens (primary N) is 1. The highest BCUT2D eigenvalue weighted by Crippen LogP contribution is 2.23. The van der Waals surface area contributed by atoms with Gasteiger partial charge in [-0.15, -0.1) is 0 Å². The Balaban J connectivity index is 2.02. The van der Waals surface area contributed by atoms with Crippen LogP contribution in [0.5, 0.6) is 0 Å². The summed E-state index contributed by atoms with van der Waals surface area (Å²) in [4.78, 5) is 0. The van der Waals surface area contributed by atoms with Crippen molar-refractivity contribution < 1.29 is 9.13 Å². The van der Waals surface area contributed by atoms with Crippen LogP contribution in [0, 0.1) is 19.7 Å². The Bertz CT molecular complexity index is 577. The number of hydrogen-bond acceptors (Lipinski definition) is 2. The van der Waals surface area contributed by atoms with Gasteiger partial charge in [-0.25, -0.2) is 4.39 Å². The summed E-state index contributed by atoms with van der Waals surface area (Å²) in [5.74, 6) is -0.0909. The van der Waals surface area contributed by atoms with Crippen LogP contribution < -0.4 is 5.73 Å². The molecular formula is C18H22FNO. The van der Waals surface area contributed by atoms with Gasteiger partial charge in [0, 0.05) is 18.0 Å². The largest absolute Gasteiger partial charge is 0.376 e. The van der Waals surface area contributed by atoms with Crippen molar-refractivity contribution >= 4 is 0 Å². The van der Waals surface area contributed by atoms with Gasteiger partial charge in [0.05, 0.1) is 13.2 Å². The SMILES string of the molecule is Cc1cccc(C)c1C(CN)COCc1ccccc1F. The van der Waals surface area contributed by atoms with Crippen LogP contribution in [0.3, 0.4) is 0 Å². The van der Waals surface area contributed by atoms with E-state index in [2.05, 4.69) is 26.0 Å². The molecule has 1 atom stereocenters. The second-order valence-electron chi connectivity index (χ2n) is 5.34. The first kappa shape index (κ1) is 15.7. The monoisotopic (exact) mass is 287 g/mol. The molecule has 21 heavy (non-hydrogen) atoms. The fourth-order valence-corrected chi connectivity index (χ4v) is 2.67. The summed E-state index contributed by atoms with van der Waals surface area (Å²) in [5, 5.41) is 0. The van der Waals surface area contributed by atoms with E-state index in [9.17, 15) is 4.39 Å². The van der Waals surface area contributed by atoms with Gasteiger partial charge in [-0.3, -0.25) is 0 Å². The molecule has 0 spiro atoms. The predicted octanol–water partition coefficient (Wildman–Crippen LogP) is 3.70. The van der Waals surface area contributed by atoms with E-state index in [1.807, 2.05) is 12.1 Å². The number of halogens is 1. The highest BCUT2D eigenvalue weighted by Gasteiger charge is 2.15. The Morgan fingerprint density at radius 1 is 1.05 bits per heavy atom. The zero-order valence-corrected chi connectivity index (χ0v) is 12.6. The molecule has 2 rings (SSSR count). The Morgan fingerprint density at radius 3 is 2.33 bits per heavy atom. The summed E-state index contributed by atoms with van der Waals surface area (Å²) in [7, 11) is 0. The maximum Gasteiger partial charge on any atom is 0.128 e. The van der Waals surface area contributed by atoms with E-state index in [0.717, 1.165) is 0 Å². The van der Waals surface area contributed by atoms with Crippen molar-refractivity contribution in [2.45, 2.75) is 26.4 Å². The van der Waals surface area contributed by atoms with Crippen LogP contribution in [0.1, 0.15) is 28.2 Å². The third-order valence-corrected chi connectivity index (χ3v) is 3.77. The molecule has 0 heterocycles. The number of benzene rings is 2. The predicted molar refractivity (Wildman–Crippen MR) is 83.8 cm³/mol. The van der Waals surface area contributed by atoms with E-state index in [-0.39, 0.29) is 18.3 Å². The summed E-state index contributed by atoms with van der Waals surface area (Å²) >= 11 is 0. The van der Waals surface area contributed by atoms with Crippen LogP contribution in [0.25, 0.3) is 0 Å². The van der Waals surface area contributed by atoms with Crippen LogP contribution in [0.4, 0.5) is 4.39 Å². The van der Waals surface area contributed by atoms with Crippen molar-refractivity contribution in [3.05, 3.63) is 70.5 Å². The lowest BCUT2D eigenvalue weighted by molar-refractivity contribution is 0.106. The van der Waals surface area contributed by atoms with Crippen LogP contribution in [0.15, 0.2) is 42.5 Å². The van der Waals surface area contributed by atoms with E-state index >= 15 is 0 Å². The lowest BCUT2D eigenvalue weighted by Gasteiger charge is -2.20. The zero-order chi connectivity index (χ0) is 15.2. The van der Waals surface area contributed by atoms with Gasteiger partial charge in [0.2, 0.25) is 0 Å². The van der Waals surface area contributed by atoms with Gasteiger partial charge >= 0.3 is 0 Å². The molecule has 0 aliphatic carbocycles. The maximum atomic E-state index is 13.5. The molecule has 112 valence electrons. The minimum absolute atomic E-state index is 0.137. The molecular weight excluding hydrogens is 265 g/mol. The van der Waals surface area contributed by atoms with Crippen molar-refractivity contribution in [1.82, 2.24) is 0 Å².